The summed E-state index contributed by atoms with van der Waals surface area (Å²) in [5.41, 5.74) is 5.19. The van der Waals surface area contributed by atoms with E-state index in [1.807, 2.05) is 0 Å². The lowest BCUT2D eigenvalue weighted by Gasteiger charge is -2.53. The van der Waals surface area contributed by atoms with Crippen molar-refractivity contribution >= 4 is 22.5 Å². The van der Waals surface area contributed by atoms with Crippen LogP contribution in [0.3, 0.4) is 0 Å². The second kappa shape index (κ2) is 6.46. The van der Waals surface area contributed by atoms with Crippen molar-refractivity contribution in [2.24, 2.45) is 5.41 Å². The highest BCUT2D eigenvalue weighted by atomic mass is 16.2. The molecule has 0 bridgehead atoms. The van der Waals surface area contributed by atoms with E-state index in [1.54, 1.807) is 0 Å². The minimum absolute atomic E-state index is 0.0958. The molecule has 0 radical (unpaired) electrons. The van der Waals surface area contributed by atoms with Gasteiger partial charge in [-0.3, -0.25) is 9.69 Å². The zero-order chi connectivity index (χ0) is 19.6. The molecule has 6 rings (SSSR count). The first kappa shape index (κ1) is 17.8. The highest BCUT2D eigenvalue weighted by molar-refractivity contribution is 6.16. The topological polar surface area (TPSA) is 28.5 Å². The van der Waals surface area contributed by atoms with Gasteiger partial charge in [-0.15, -0.1) is 0 Å². The maximum atomic E-state index is 13.8. The molecule has 5 heterocycles. The van der Waals surface area contributed by atoms with Gasteiger partial charge in [0.15, 0.2) is 0 Å². The molecule has 2 atom stereocenters. The number of hydrogen-bond acceptors (Lipinski definition) is 2. The zero-order valence-electron chi connectivity index (χ0n) is 17.5. The fourth-order valence-electron chi connectivity index (χ4n) is 6.69. The molecule has 152 valence electrons. The number of benzene rings is 1. The van der Waals surface area contributed by atoms with Crippen LogP contribution >= 0.6 is 0 Å². The summed E-state index contributed by atoms with van der Waals surface area (Å²) in [6.45, 7) is 6.49. The van der Waals surface area contributed by atoms with Gasteiger partial charge in [0.1, 0.15) is 5.70 Å². The van der Waals surface area contributed by atoms with Crippen molar-refractivity contribution in [3.63, 3.8) is 0 Å². The first-order valence-electron chi connectivity index (χ1n) is 11.6. The molecule has 0 aliphatic carbocycles. The molecule has 4 aliphatic rings. The third kappa shape index (κ3) is 2.38. The first-order valence-corrected chi connectivity index (χ1v) is 11.6. The van der Waals surface area contributed by atoms with Crippen LogP contribution in [-0.4, -0.2) is 46.5 Å². The van der Waals surface area contributed by atoms with Crippen molar-refractivity contribution in [2.45, 2.75) is 57.9 Å². The number of piperidine rings is 2. The maximum absolute atomic E-state index is 13.8. The van der Waals surface area contributed by atoms with Gasteiger partial charge in [0, 0.05) is 36.1 Å². The Morgan fingerprint density at radius 3 is 2.72 bits per heavy atom. The number of aromatic nitrogens is 1. The van der Waals surface area contributed by atoms with Crippen molar-refractivity contribution in [1.82, 2.24) is 14.4 Å². The van der Waals surface area contributed by atoms with Crippen LogP contribution in [0.5, 0.6) is 0 Å². The molecular weight excluding hydrogens is 358 g/mol. The number of rotatable bonds is 2. The van der Waals surface area contributed by atoms with Crippen LogP contribution in [0.2, 0.25) is 0 Å². The zero-order valence-corrected chi connectivity index (χ0v) is 17.5. The first-order chi connectivity index (χ1) is 14.2. The van der Waals surface area contributed by atoms with Gasteiger partial charge in [-0.2, -0.15) is 0 Å². The molecule has 2 aromatic rings. The van der Waals surface area contributed by atoms with Crippen molar-refractivity contribution in [1.29, 1.82) is 0 Å². The molecule has 1 amide bonds. The van der Waals surface area contributed by atoms with Crippen molar-refractivity contribution < 1.29 is 4.79 Å². The van der Waals surface area contributed by atoms with Gasteiger partial charge in [0.05, 0.1) is 11.6 Å². The smallest absolute Gasteiger partial charge is 0.270 e. The number of fused-ring (bicyclic) bond motifs is 3. The Morgan fingerprint density at radius 2 is 1.90 bits per heavy atom. The van der Waals surface area contributed by atoms with Crippen molar-refractivity contribution in [3.8, 4) is 0 Å². The van der Waals surface area contributed by atoms with E-state index in [9.17, 15) is 4.79 Å². The van der Waals surface area contributed by atoms with E-state index in [4.69, 9.17) is 0 Å². The van der Waals surface area contributed by atoms with E-state index in [0.717, 1.165) is 51.0 Å². The number of carbonyl (C=O) groups is 1. The summed E-state index contributed by atoms with van der Waals surface area (Å²) >= 11 is 0. The molecule has 1 aromatic heterocycles. The van der Waals surface area contributed by atoms with Gasteiger partial charge in [0.25, 0.3) is 5.91 Å². The molecule has 29 heavy (non-hydrogen) atoms. The summed E-state index contributed by atoms with van der Waals surface area (Å²) in [5.74, 6) is 0.252. The van der Waals surface area contributed by atoms with Gasteiger partial charge in [-0.1, -0.05) is 25.1 Å². The van der Waals surface area contributed by atoms with Crippen LogP contribution in [0.15, 0.2) is 30.3 Å². The largest absolute Gasteiger partial charge is 0.337 e. The van der Waals surface area contributed by atoms with E-state index in [2.05, 4.69) is 51.6 Å². The lowest BCUT2D eigenvalue weighted by Crippen LogP contribution is -2.51. The third-order valence-corrected chi connectivity index (χ3v) is 8.11. The van der Waals surface area contributed by atoms with E-state index in [-0.39, 0.29) is 11.3 Å². The summed E-state index contributed by atoms with van der Waals surface area (Å²) in [4.78, 5) is 18.7. The molecule has 0 N–H and O–H groups in total. The van der Waals surface area contributed by atoms with Crippen molar-refractivity contribution in [3.05, 3.63) is 41.6 Å². The summed E-state index contributed by atoms with van der Waals surface area (Å²) < 4.78 is 2.37. The van der Waals surface area contributed by atoms with E-state index in [0.29, 0.717) is 6.04 Å². The second-order valence-corrected chi connectivity index (χ2v) is 9.48. The fraction of sp³-hybridized carbons (Fsp3) is 0.560. The third-order valence-electron chi connectivity index (χ3n) is 8.11. The van der Waals surface area contributed by atoms with Crippen LogP contribution in [0.4, 0.5) is 0 Å². The van der Waals surface area contributed by atoms with Crippen LogP contribution < -0.4 is 0 Å². The van der Waals surface area contributed by atoms with Crippen LogP contribution in [0.25, 0.3) is 16.6 Å². The predicted molar refractivity (Wildman–Crippen MR) is 117 cm³/mol. The number of para-hydroxylation sites is 1. The molecule has 2 saturated heterocycles. The molecule has 4 heteroatoms. The molecule has 0 saturated carbocycles. The average molecular weight is 390 g/mol. The second-order valence-electron chi connectivity index (χ2n) is 9.48. The van der Waals surface area contributed by atoms with E-state index >= 15 is 0 Å². The minimum Gasteiger partial charge on any atom is -0.337 e. The number of likely N-dealkylation sites (tertiary alicyclic amines) is 1. The Morgan fingerprint density at radius 1 is 1.07 bits per heavy atom. The maximum Gasteiger partial charge on any atom is 0.270 e. The van der Waals surface area contributed by atoms with Gasteiger partial charge in [-0.05, 0) is 69.2 Å². The Balaban J connectivity index is 1.61. The quantitative estimate of drug-likeness (QED) is 0.751. The van der Waals surface area contributed by atoms with Crippen LogP contribution in [0.1, 0.15) is 62.7 Å². The average Bonchev–Trinajstić information content (AvgIpc) is 3.13. The molecule has 2 fully saturated rings. The standard InChI is InChI=1S/C25H31N3O/c1-2-25-12-8-15-26-16-11-19-18-9-4-5-10-20(18)28(22(19)23(25)26)21(17-25)24(29)27-13-6-3-7-14-27/h4-5,9-10,17,23H,2-3,6-8,11-16H2,1H3/t23-,25+/m1/s1. The Labute approximate surface area is 173 Å². The fourth-order valence-corrected chi connectivity index (χ4v) is 6.69. The lowest BCUT2D eigenvalue weighted by atomic mass is 9.66. The van der Waals surface area contributed by atoms with E-state index < -0.39 is 0 Å². The molecule has 0 unspecified atom stereocenters. The van der Waals surface area contributed by atoms with Gasteiger partial charge >= 0.3 is 0 Å². The molecular formula is C25H31N3O. The molecule has 1 aromatic carbocycles. The highest BCUT2D eigenvalue weighted by Crippen LogP contribution is 2.57. The number of amides is 1. The number of carbonyl (C=O) groups excluding carboxylic acids is 1. The summed E-state index contributed by atoms with van der Waals surface area (Å²) in [6.07, 6.45) is 10.6. The monoisotopic (exact) mass is 389 g/mol. The SMILES string of the molecule is CC[C@@]12C=C(C(=O)N3CCCCC3)n3c4c(c5ccccc53)CCN(CCC1)[C@H]42. The molecule has 4 nitrogen and oxygen atoms in total. The minimum atomic E-state index is 0.0958. The van der Waals surface area contributed by atoms with E-state index in [1.165, 1.54) is 48.0 Å². The summed E-state index contributed by atoms with van der Waals surface area (Å²) in [6, 6.07) is 9.19. The lowest BCUT2D eigenvalue weighted by molar-refractivity contribution is -0.126. The summed E-state index contributed by atoms with van der Waals surface area (Å²) in [7, 11) is 0. The van der Waals surface area contributed by atoms with Gasteiger partial charge < -0.3 is 9.47 Å². The summed E-state index contributed by atoms with van der Waals surface area (Å²) in [5, 5.41) is 1.36. The molecule has 0 spiro atoms. The van der Waals surface area contributed by atoms with Gasteiger partial charge in [0.2, 0.25) is 0 Å². The Hall–Kier alpha value is -2.07. The molecule has 4 aliphatic heterocycles. The normalized spacial score (nSPS) is 28.9. The highest BCUT2D eigenvalue weighted by Gasteiger charge is 2.51. The Bertz CT molecular complexity index is 1010. The van der Waals surface area contributed by atoms with Crippen LogP contribution in [0, 0.1) is 5.41 Å². The van der Waals surface area contributed by atoms with Gasteiger partial charge in [-0.25, -0.2) is 0 Å². The Kier molecular flexibility index (Phi) is 3.96. The van der Waals surface area contributed by atoms with Crippen molar-refractivity contribution in [2.75, 3.05) is 26.2 Å². The predicted octanol–water partition coefficient (Wildman–Crippen LogP) is 4.60. The number of hydrogen-bond donors (Lipinski definition) is 0. The number of nitrogens with zero attached hydrogens (tertiary/aromatic N) is 3. The van der Waals surface area contributed by atoms with Crippen LogP contribution in [-0.2, 0) is 11.2 Å².